The Morgan fingerprint density at radius 1 is 1.42 bits per heavy atom. The molecule has 2 N–H and O–H groups in total. The largest absolute Gasteiger partial charge is 0.493 e. The van der Waals surface area contributed by atoms with Gasteiger partial charge >= 0.3 is 0 Å². The zero-order chi connectivity index (χ0) is 17.5. The van der Waals surface area contributed by atoms with Crippen LogP contribution in [-0.2, 0) is 4.79 Å². The molecule has 2 rings (SSSR count). The van der Waals surface area contributed by atoms with E-state index < -0.39 is 0 Å². The van der Waals surface area contributed by atoms with Gasteiger partial charge in [0.2, 0.25) is 0 Å². The van der Waals surface area contributed by atoms with Crippen LogP contribution in [0.2, 0.25) is 0 Å². The molecule has 0 bridgehead atoms. The molecule has 2 atom stereocenters. The molecule has 1 saturated heterocycles. The highest BCUT2D eigenvalue weighted by molar-refractivity contribution is 5.78. The number of hydrogen-bond donors (Lipinski definition) is 1. The Bertz CT molecular complexity index is 584. The van der Waals surface area contributed by atoms with E-state index in [1.165, 1.54) is 0 Å². The maximum absolute atomic E-state index is 12.5. The molecule has 1 heterocycles. The SMILES string of the molecule is C/C=C/c1ccc(OCC(=O)N2CCCCC2C(C)N)c(OC)c1. The van der Waals surface area contributed by atoms with Crippen LogP contribution in [0.3, 0.4) is 0 Å². The first-order valence-corrected chi connectivity index (χ1v) is 8.55. The Balaban J connectivity index is 2.02. The number of benzene rings is 1. The third-order valence-electron chi connectivity index (χ3n) is 4.37. The van der Waals surface area contributed by atoms with Crippen LogP contribution in [-0.4, -0.2) is 43.2 Å². The molecule has 0 spiro atoms. The van der Waals surface area contributed by atoms with Crippen LogP contribution >= 0.6 is 0 Å². The molecule has 1 amide bonds. The average Bonchev–Trinajstić information content (AvgIpc) is 2.60. The van der Waals surface area contributed by atoms with Crippen molar-refractivity contribution >= 4 is 12.0 Å². The van der Waals surface area contributed by atoms with Crippen molar-refractivity contribution in [2.24, 2.45) is 5.73 Å². The highest BCUT2D eigenvalue weighted by atomic mass is 16.5. The number of carbonyl (C=O) groups excluding carboxylic acids is 1. The molecule has 0 saturated carbocycles. The predicted molar refractivity (Wildman–Crippen MR) is 96.2 cm³/mol. The number of allylic oxidation sites excluding steroid dienone is 1. The number of ether oxygens (including phenoxy) is 2. The lowest BCUT2D eigenvalue weighted by Crippen LogP contribution is -2.52. The van der Waals surface area contributed by atoms with Gasteiger partial charge in [-0.25, -0.2) is 0 Å². The molecule has 0 aliphatic carbocycles. The zero-order valence-corrected chi connectivity index (χ0v) is 14.8. The molecular formula is C19H28N2O3. The summed E-state index contributed by atoms with van der Waals surface area (Å²) in [6.45, 7) is 4.68. The topological polar surface area (TPSA) is 64.8 Å². The summed E-state index contributed by atoms with van der Waals surface area (Å²) >= 11 is 0. The minimum atomic E-state index is -0.0242. The maximum Gasteiger partial charge on any atom is 0.260 e. The molecular weight excluding hydrogens is 304 g/mol. The summed E-state index contributed by atoms with van der Waals surface area (Å²) < 4.78 is 11.1. The summed E-state index contributed by atoms with van der Waals surface area (Å²) in [5.41, 5.74) is 7.06. The van der Waals surface area contributed by atoms with Gasteiger partial charge in [0.05, 0.1) is 7.11 Å². The number of piperidine rings is 1. The molecule has 0 radical (unpaired) electrons. The normalized spacial score (nSPS) is 19.3. The van der Waals surface area contributed by atoms with Gasteiger partial charge in [0.15, 0.2) is 18.1 Å². The number of carbonyl (C=O) groups is 1. The summed E-state index contributed by atoms with van der Waals surface area (Å²) in [5, 5.41) is 0. The second kappa shape index (κ2) is 8.73. The minimum absolute atomic E-state index is 0.00252. The first-order chi connectivity index (χ1) is 11.6. The fourth-order valence-electron chi connectivity index (χ4n) is 3.14. The quantitative estimate of drug-likeness (QED) is 0.870. The molecule has 2 unspecified atom stereocenters. The highest BCUT2D eigenvalue weighted by Crippen LogP contribution is 2.29. The van der Waals surface area contributed by atoms with Crippen LogP contribution in [0.4, 0.5) is 0 Å². The fraction of sp³-hybridized carbons (Fsp3) is 0.526. The maximum atomic E-state index is 12.5. The number of rotatable bonds is 6. The van der Waals surface area contributed by atoms with E-state index in [1.807, 2.05) is 49.1 Å². The fourth-order valence-corrected chi connectivity index (χ4v) is 3.14. The molecule has 1 aliphatic heterocycles. The lowest BCUT2D eigenvalue weighted by atomic mass is 9.97. The third-order valence-corrected chi connectivity index (χ3v) is 4.37. The van der Waals surface area contributed by atoms with Gasteiger partial charge in [-0.1, -0.05) is 18.2 Å². The molecule has 5 heteroatoms. The Morgan fingerprint density at radius 2 is 2.21 bits per heavy atom. The van der Waals surface area contributed by atoms with Gasteiger partial charge in [0, 0.05) is 18.6 Å². The Kier molecular flexibility index (Phi) is 6.67. The third kappa shape index (κ3) is 4.51. The Labute approximate surface area is 144 Å². The van der Waals surface area contributed by atoms with Gasteiger partial charge in [-0.05, 0) is 50.8 Å². The second-order valence-corrected chi connectivity index (χ2v) is 6.21. The molecule has 0 aromatic heterocycles. The predicted octanol–water partition coefficient (Wildman–Crippen LogP) is 2.84. The summed E-state index contributed by atoms with van der Waals surface area (Å²) in [4.78, 5) is 14.4. The summed E-state index contributed by atoms with van der Waals surface area (Å²) in [6, 6.07) is 5.75. The van der Waals surface area contributed by atoms with Crippen molar-refractivity contribution in [1.29, 1.82) is 0 Å². The number of nitrogens with zero attached hydrogens (tertiary/aromatic N) is 1. The average molecular weight is 332 g/mol. The van der Waals surface area contributed by atoms with E-state index in [2.05, 4.69) is 0 Å². The minimum Gasteiger partial charge on any atom is -0.493 e. The molecule has 1 aromatic carbocycles. The van der Waals surface area contributed by atoms with Crippen LogP contribution in [0, 0.1) is 0 Å². The number of nitrogens with two attached hydrogens (primary N) is 1. The second-order valence-electron chi connectivity index (χ2n) is 6.21. The smallest absolute Gasteiger partial charge is 0.260 e. The van der Waals surface area contributed by atoms with E-state index in [0.29, 0.717) is 11.5 Å². The lowest BCUT2D eigenvalue weighted by molar-refractivity contribution is -0.137. The highest BCUT2D eigenvalue weighted by Gasteiger charge is 2.29. The van der Waals surface area contributed by atoms with Gasteiger partial charge in [0.1, 0.15) is 0 Å². The molecule has 132 valence electrons. The number of hydrogen-bond acceptors (Lipinski definition) is 4. The van der Waals surface area contributed by atoms with Gasteiger partial charge in [-0.3, -0.25) is 4.79 Å². The monoisotopic (exact) mass is 332 g/mol. The zero-order valence-electron chi connectivity index (χ0n) is 14.8. The van der Waals surface area contributed by atoms with Crippen molar-refractivity contribution in [1.82, 2.24) is 4.90 Å². The lowest BCUT2D eigenvalue weighted by Gasteiger charge is -2.38. The first-order valence-electron chi connectivity index (χ1n) is 8.55. The van der Waals surface area contributed by atoms with Crippen LogP contribution in [0.1, 0.15) is 38.7 Å². The molecule has 1 aliphatic rings. The van der Waals surface area contributed by atoms with Gasteiger partial charge in [-0.15, -0.1) is 0 Å². The molecule has 1 fully saturated rings. The van der Waals surface area contributed by atoms with Crippen LogP contribution in [0.5, 0.6) is 11.5 Å². The van der Waals surface area contributed by atoms with Crippen LogP contribution < -0.4 is 15.2 Å². The van der Waals surface area contributed by atoms with Crippen molar-refractivity contribution < 1.29 is 14.3 Å². The van der Waals surface area contributed by atoms with Crippen LogP contribution in [0.25, 0.3) is 6.08 Å². The van der Waals surface area contributed by atoms with E-state index in [-0.39, 0.29) is 24.6 Å². The van der Waals surface area contributed by atoms with Crippen molar-refractivity contribution in [3.8, 4) is 11.5 Å². The molecule has 24 heavy (non-hydrogen) atoms. The Morgan fingerprint density at radius 3 is 2.88 bits per heavy atom. The van der Waals surface area contributed by atoms with E-state index in [1.54, 1.807) is 7.11 Å². The van der Waals surface area contributed by atoms with Crippen molar-refractivity contribution in [3.05, 3.63) is 29.8 Å². The summed E-state index contributed by atoms with van der Waals surface area (Å²) in [6.07, 6.45) is 7.06. The van der Waals surface area contributed by atoms with E-state index in [4.69, 9.17) is 15.2 Å². The van der Waals surface area contributed by atoms with Gasteiger partial charge in [-0.2, -0.15) is 0 Å². The number of likely N-dealkylation sites (tertiary alicyclic amines) is 1. The Hall–Kier alpha value is -2.01. The van der Waals surface area contributed by atoms with Crippen molar-refractivity contribution in [2.45, 2.75) is 45.2 Å². The summed E-state index contributed by atoms with van der Waals surface area (Å²) in [7, 11) is 1.60. The van der Waals surface area contributed by atoms with Gasteiger partial charge < -0.3 is 20.1 Å². The standard InChI is InChI=1S/C19H28N2O3/c1-4-7-15-9-10-17(18(12-15)23-3)24-13-19(22)21-11-6-5-8-16(21)14(2)20/h4,7,9-10,12,14,16H,5-6,8,11,13,20H2,1-3H3/b7-4+. The van der Waals surface area contributed by atoms with E-state index in [0.717, 1.165) is 31.4 Å². The summed E-state index contributed by atoms with van der Waals surface area (Å²) in [5.74, 6) is 1.19. The van der Waals surface area contributed by atoms with Gasteiger partial charge in [0.25, 0.3) is 5.91 Å². The number of methoxy groups -OCH3 is 1. The van der Waals surface area contributed by atoms with Crippen molar-refractivity contribution in [3.63, 3.8) is 0 Å². The van der Waals surface area contributed by atoms with Crippen LogP contribution in [0.15, 0.2) is 24.3 Å². The first kappa shape index (κ1) is 18.3. The van der Waals surface area contributed by atoms with E-state index >= 15 is 0 Å². The number of amides is 1. The molecule has 1 aromatic rings. The molecule has 5 nitrogen and oxygen atoms in total. The van der Waals surface area contributed by atoms with Crippen molar-refractivity contribution in [2.75, 3.05) is 20.3 Å². The van der Waals surface area contributed by atoms with E-state index in [9.17, 15) is 4.79 Å².